The predicted octanol–water partition coefficient (Wildman–Crippen LogP) is 2.06. The van der Waals surface area contributed by atoms with E-state index in [4.69, 9.17) is 5.73 Å². The first-order valence-electron chi connectivity index (χ1n) is 6.13. The molecule has 0 radical (unpaired) electrons. The second-order valence-corrected chi connectivity index (χ2v) is 4.44. The molecule has 0 spiro atoms. The Morgan fingerprint density at radius 3 is 2.88 bits per heavy atom. The second-order valence-electron chi connectivity index (χ2n) is 4.44. The van der Waals surface area contributed by atoms with Crippen molar-refractivity contribution in [3.05, 3.63) is 11.9 Å². The third-order valence-electron chi connectivity index (χ3n) is 3.23. The topological polar surface area (TPSA) is 80.9 Å². The molecule has 0 aromatic carbocycles. The molecule has 1 aliphatic carbocycles. The number of aromatic nitrogens is 2. The quantitative estimate of drug-likeness (QED) is 0.838. The average molecular weight is 234 g/mol. The van der Waals surface area contributed by atoms with Gasteiger partial charge in [-0.15, -0.1) is 0 Å². The summed E-state index contributed by atoms with van der Waals surface area (Å²) in [5.74, 6) is 0.349. The summed E-state index contributed by atoms with van der Waals surface area (Å²) >= 11 is 0. The summed E-state index contributed by atoms with van der Waals surface area (Å²) < 4.78 is 0. The minimum atomic E-state index is -0.0380. The molecule has 1 aliphatic rings. The molecular formula is C12H18N4O. The molecule has 0 bridgehead atoms. The van der Waals surface area contributed by atoms with Gasteiger partial charge in [0.1, 0.15) is 0 Å². The fraction of sp³-hybridized carbons (Fsp3) is 0.583. The number of carbonyl (C=O) groups excluding carboxylic acids is 1. The smallest absolute Gasteiger partial charge is 0.224 e. The van der Waals surface area contributed by atoms with Crippen LogP contribution in [0.15, 0.2) is 6.20 Å². The minimum absolute atomic E-state index is 0.0380. The lowest BCUT2D eigenvalue weighted by Gasteiger charge is -2.15. The van der Waals surface area contributed by atoms with Gasteiger partial charge in [0.05, 0.1) is 23.3 Å². The third-order valence-corrected chi connectivity index (χ3v) is 3.23. The van der Waals surface area contributed by atoms with Gasteiger partial charge in [0.25, 0.3) is 0 Å². The van der Waals surface area contributed by atoms with Crippen molar-refractivity contribution in [1.82, 2.24) is 10.2 Å². The molecule has 0 saturated heterocycles. The Morgan fingerprint density at radius 2 is 2.24 bits per heavy atom. The van der Waals surface area contributed by atoms with Crippen molar-refractivity contribution in [2.24, 2.45) is 0 Å². The lowest BCUT2D eigenvalue weighted by Crippen LogP contribution is -2.15. The van der Waals surface area contributed by atoms with Gasteiger partial charge in [0, 0.05) is 12.3 Å². The number of nitrogen functional groups attached to an aromatic ring is 1. The maximum Gasteiger partial charge on any atom is 0.224 e. The molecule has 0 aliphatic heterocycles. The highest BCUT2D eigenvalue weighted by molar-refractivity contribution is 5.94. The maximum absolute atomic E-state index is 11.5. The standard InChI is InChI=1S/C12H18N4O/c1-2-10(17)15-12-9(13)7-14-16-11(12)8-5-3-4-6-8/h7-8H,2-6H2,1H3,(H2,13,16)(H,14,15,17). The van der Waals surface area contributed by atoms with Gasteiger partial charge in [-0.1, -0.05) is 19.8 Å². The number of hydrogen-bond donors (Lipinski definition) is 2. The van der Waals surface area contributed by atoms with Crippen molar-refractivity contribution in [2.75, 3.05) is 11.1 Å². The van der Waals surface area contributed by atoms with E-state index in [2.05, 4.69) is 15.5 Å². The van der Waals surface area contributed by atoms with Crippen molar-refractivity contribution < 1.29 is 4.79 Å². The van der Waals surface area contributed by atoms with Crippen molar-refractivity contribution in [3.63, 3.8) is 0 Å². The maximum atomic E-state index is 11.5. The minimum Gasteiger partial charge on any atom is -0.396 e. The number of nitrogens with one attached hydrogen (secondary N) is 1. The zero-order valence-corrected chi connectivity index (χ0v) is 10.1. The molecule has 92 valence electrons. The molecule has 5 nitrogen and oxygen atoms in total. The Hall–Kier alpha value is -1.65. The first kappa shape index (κ1) is 11.8. The molecule has 0 atom stereocenters. The first-order valence-corrected chi connectivity index (χ1v) is 6.13. The van der Waals surface area contributed by atoms with Gasteiger partial charge >= 0.3 is 0 Å². The van der Waals surface area contributed by atoms with Gasteiger partial charge in [-0.05, 0) is 12.8 Å². The molecule has 1 heterocycles. The molecule has 1 amide bonds. The zero-order chi connectivity index (χ0) is 12.3. The van der Waals surface area contributed by atoms with Gasteiger partial charge in [0.15, 0.2) is 0 Å². The SMILES string of the molecule is CCC(=O)Nc1c(N)cnnc1C1CCCC1. The van der Waals surface area contributed by atoms with E-state index in [0.29, 0.717) is 23.7 Å². The molecule has 5 heteroatoms. The van der Waals surface area contributed by atoms with Crippen molar-refractivity contribution >= 4 is 17.3 Å². The van der Waals surface area contributed by atoms with Crippen LogP contribution in [0.5, 0.6) is 0 Å². The number of hydrogen-bond acceptors (Lipinski definition) is 4. The largest absolute Gasteiger partial charge is 0.396 e. The molecule has 17 heavy (non-hydrogen) atoms. The molecule has 2 rings (SSSR count). The van der Waals surface area contributed by atoms with Crippen molar-refractivity contribution in [3.8, 4) is 0 Å². The van der Waals surface area contributed by atoms with Crippen LogP contribution in [-0.4, -0.2) is 16.1 Å². The Kier molecular flexibility index (Phi) is 3.56. The number of anilines is 2. The number of rotatable bonds is 3. The van der Waals surface area contributed by atoms with Crippen LogP contribution in [0, 0.1) is 0 Å². The number of carbonyl (C=O) groups is 1. The van der Waals surface area contributed by atoms with Crippen LogP contribution in [0.4, 0.5) is 11.4 Å². The monoisotopic (exact) mass is 234 g/mol. The Balaban J connectivity index is 2.30. The van der Waals surface area contributed by atoms with Crippen molar-refractivity contribution in [1.29, 1.82) is 0 Å². The lowest BCUT2D eigenvalue weighted by molar-refractivity contribution is -0.115. The van der Waals surface area contributed by atoms with E-state index >= 15 is 0 Å². The second kappa shape index (κ2) is 5.12. The normalized spacial score (nSPS) is 16.1. The highest BCUT2D eigenvalue weighted by Gasteiger charge is 2.23. The molecule has 3 N–H and O–H groups in total. The Bertz CT molecular complexity index is 413. The molecular weight excluding hydrogens is 216 g/mol. The van der Waals surface area contributed by atoms with Crippen LogP contribution in [0.3, 0.4) is 0 Å². The molecule has 1 aromatic heterocycles. The summed E-state index contributed by atoms with van der Waals surface area (Å²) in [5, 5.41) is 10.9. The molecule has 1 aromatic rings. The van der Waals surface area contributed by atoms with E-state index in [-0.39, 0.29) is 5.91 Å². The predicted molar refractivity (Wildman–Crippen MR) is 66.6 cm³/mol. The Morgan fingerprint density at radius 1 is 1.53 bits per heavy atom. The van der Waals surface area contributed by atoms with Crippen LogP contribution in [0.2, 0.25) is 0 Å². The summed E-state index contributed by atoms with van der Waals surface area (Å²) in [6.07, 6.45) is 6.56. The van der Waals surface area contributed by atoms with Crippen LogP contribution < -0.4 is 11.1 Å². The average Bonchev–Trinajstić information content (AvgIpc) is 2.85. The zero-order valence-electron chi connectivity index (χ0n) is 10.1. The molecule has 0 unspecified atom stereocenters. The molecule has 1 fully saturated rings. The molecule has 1 saturated carbocycles. The fourth-order valence-corrected chi connectivity index (χ4v) is 2.26. The van der Waals surface area contributed by atoms with Gasteiger partial charge < -0.3 is 11.1 Å². The third kappa shape index (κ3) is 2.54. The van der Waals surface area contributed by atoms with E-state index in [1.165, 1.54) is 19.0 Å². The number of nitrogens with two attached hydrogens (primary N) is 1. The summed E-state index contributed by atoms with van der Waals surface area (Å²) in [7, 11) is 0. The Labute approximate surface area is 101 Å². The van der Waals surface area contributed by atoms with E-state index in [1.54, 1.807) is 0 Å². The van der Waals surface area contributed by atoms with Gasteiger partial charge in [-0.3, -0.25) is 4.79 Å². The highest BCUT2D eigenvalue weighted by Crippen LogP contribution is 2.37. The van der Waals surface area contributed by atoms with E-state index in [0.717, 1.165) is 18.5 Å². The van der Waals surface area contributed by atoms with Crippen LogP contribution in [-0.2, 0) is 4.79 Å². The summed E-state index contributed by atoms with van der Waals surface area (Å²) in [6.45, 7) is 1.81. The number of amides is 1. The summed E-state index contributed by atoms with van der Waals surface area (Å²) in [5.41, 5.74) is 7.89. The van der Waals surface area contributed by atoms with Crippen LogP contribution >= 0.6 is 0 Å². The lowest BCUT2D eigenvalue weighted by atomic mass is 10.0. The highest BCUT2D eigenvalue weighted by atomic mass is 16.1. The van der Waals surface area contributed by atoms with E-state index < -0.39 is 0 Å². The van der Waals surface area contributed by atoms with Crippen LogP contribution in [0.1, 0.15) is 50.6 Å². The first-order chi connectivity index (χ1) is 8.22. The van der Waals surface area contributed by atoms with Gasteiger partial charge in [0.2, 0.25) is 5.91 Å². The van der Waals surface area contributed by atoms with Gasteiger partial charge in [-0.25, -0.2) is 0 Å². The van der Waals surface area contributed by atoms with Crippen molar-refractivity contribution in [2.45, 2.75) is 44.9 Å². The fourth-order valence-electron chi connectivity index (χ4n) is 2.26. The van der Waals surface area contributed by atoms with Crippen LogP contribution in [0.25, 0.3) is 0 Å². The van der Waals surface area contributed by atoms with E-state index in [9.17, 15) is 4.79 Å². The number of nitrogens with zero attached hydrogens (tertiary/aromatic N) is 2. The van der Waals surface area contributed by atoms with Gasteiger partial charge in [-0.2, -0.15) is 10.2 Å². The summed E-state index contributed by atoms with van der Waals surface area (Å²) in [4.78, 5) is 11.5. The summed E-state index contributed by atoms with van der Waals surface area (Å²) in [6, 6.07) is 0. The van der Waals surface area contributed by atoms with E-state index in [1.807, 2.05) is 6.92 Å².